The first-order valence-corrected chi connectivity index (χ1v) is 12.2. The summed E-state index contributed by atoms with van der Waals surface area (Å²) in [6.07, 6.45) is 0.828. The van der Waals surface area contributed by atoms with Crippen LogP contribution in [0.4, 0.5) is 5.69 Å². The molecule has 1 aliphatic heterocycles. The summed E-state index contributed by atoms with van der Waals surface area (Å²) in [5.41, 5.74) is 1.73. The zero-order valence-corrected chi connectivity index (χ0v) is 21.1. The second-order valence-corrected chi connectivity index (χ2v) is 8.91. The molecule has 4 aromatic rings. The van der Waals surface area contributed by atoms with Crippen molar-refractivity contribution in [2.75, 3.05) is 19.2 Å². The van der Waals surface area contributed by atoms with Gasteiger partial charge >= 0.3 is 5.69 Å². The van der Waals surface area contributed by atoms with Crippen LogP contribution in [0.25, 0.3) is 0 Å². The summed E-state index contributed by atoms with van der Waals surface area (Å²) in [4.78, 5) is 28.0. The fraction of sp³-hybridized carbons (Fsp3) is 0.207. The molecule has 1 unspecified atom stereocenters. The molecule has 38 heavy (non-hydrogen) atoms. The van der Waals surface area contributed by atoms with Crippen LogP contribution >= 0.6 is 0 Å². The van der Waals surface area contributed by atoms with Crippen LogP contribution in [0.3, 0.4) is 0 Å². The number of aromatic hydroxyl groups is 1. The number of nitrogens with zero attached hydrogens (tertiary/aromatic N) is 3. The number of para-hydroxylation sites is 1. The molecule has 0 fully saturated rings. The van der Waals surface area contributed by atoms with E-state index in [-0.39, 0.29) is 18.2 Å². The van der Waals surface area contributed by atoms with Gasteiger partial charge < -0.3 is 14.6 Å². The first-order chi connectivity index (χ1) is 18.5. The highest BCUT2D eigenvalue weighted by molar-refractivity contribution is 6.04. The molecule has 9 nitrogen and oxygen atoms in total. The highest BCUT2D eigenvalue weighted by Gasteiger charge is 2.33. The maximum atomic E-state index is 13.0. The average Bonchev–Trinajstić information content (AvgIpc) is 3.38. The second-order valence-electron chi connectivity index (χ2n) is 8.91. The van der Waals surface area contributed by atoms with Gasteiger partial charge in [0.1, 0.15) is 5.56 Å². The molecule has 0 saturated carbocycles. The maximum absolute atomic E-state index is 13.0. The number of hydrogen-bond donors (Lipinski definition) is 2. The molecule has 0 saturated heterocycles. The Labute approximate surface area is 219 Å². The maximum Gasteiger partial charge on any atom is 0.331 e. The van der Waals surface area contributed by atoms with E-state index < -0.39 is 17.1 Å². The molecule has 194 valence electrons. The van der Waals surface area contributed by atoms with Crippen molar-refractivity contribution >= 4 is 11.4 Å². The molecule has 0 radical (unpaired) electrons. The van der Waals surface area contributed by atoms with Crippen LogP contribution in [-0.4, -0.2) is 34.6 Å². The summed E-state index contributed by atoms with van der Waals surface area (Å²) >= 11 is 0. The van der Waals surface area contributed by atoms with Crippen molar-refractivity contribution in [2.45, 2.75) is 25.4 Å². The smallest absolute Gasteiger partial charge is 0.331 e. The van der Waals surface area contributed by atoms with Gasteiger partial charge in [0.25, 0.3) is 5.56 Å². The van der Waals surface area contributed by atoms with Crippen LogP contribution < -0.4 is 25.7 Å². The van der Waals surface area contributed by atoms with Gasteiger partial charge in [0, 0.05) is 13.0 Å². The second kappa shape index (κ2) is 10.7. The number of hydrazone groups is 1. The molecule has 5 rings (SSSR count). The first kappa shape index (κ1) is 24.9. The van der Waals surface area contributed by atoms with Crippen LogP contribution in [0.15, 0.2) is 93.6 Å². The molecule has 1 atom stereocenters. The minimum absolute atomic E-state index is 0.0124. The van der Waals surface area contributed by atoms with Crippen LogP contribution in [0.5, 0.6) is 17.4 Å². The minimum atomic E-state index is -0.678. The van der Waals surface area contributed by atoms with Crippen molar-refractivity contribution in [1.82, 2.24) is 9.55 Å². The lowest BCUT2D eigenvalue weighted by Gasteiger charge is -2.24. The molecule has 0 spiro atoms. The number of aromatic nitrogens is 2. The lowest BCUT2D eigenvalue weighted by Crippen LogP contribution is -2.34. The monoisotopic (exact) mass is 512 g/mol. The summed E-state index contributed by atoms with van der Waals surface area (Å²) < 4.78 is 12.1. The van der Waals surface area contributed by atoms with E-state index in [4.69, 9.17) is 14.6 Å². The summed E-state index contributed by atoms with van der Waals surface area (Å²) in [5.74, 6) is 0.775. The van der Waals surface area contributed by atoms with Gasteiger partial charge in [-0.25, -0.2) is 4.79 Å². The van der Waals surface area contributed by atoms with E-state index in [0.717, 1.165) is 16.8 Å². The van der Waals surface area contributed by atoms with E-state index in [2.05, 4.69) is 4.98 Å². The zero-order valence-electron chi connectivity index (χ0n) is 21.1. The molecule has 2 heterocycles. The number of hydrogen-bond acceptors (Lipinski definition) is 7. The number of H-pyrrole nitrogens is 1. The Balaban J connectivity index is 1.55. The zero-order chi connectivity index (χ0) is 26.6. The standard InChI is InChI=1S/C29H28N4O5/c1-37-24-14-13-20(17-25(24)38-2)23-18-22(31-33(23)21-11-7-4-8-12-21)26-27(34)30-29(36)32(28(26)35)16-15-19-9-5-3-6-10-19/h3-14,17,23,35H,15-16,18H2,1-2H3,(H,30,34,36). The van der Waals surface area contributed by atoms with Crippen molar-refractivity contribution < 1.29 is 14.6 Å². The molecule has 2 N–H and O–H groups in total. The molecule has 3 aromatic carbocycles. The normalized spacial score (nSPS) is 14.8. The minimum Gasteiger partial charge on any atom is -0.494 e. The lowest BCUT2D eigenvalue weighted by atomic mass is 9.98. The number of anilines is 1. The van der Waals surface area contributed by atoms with Gasteiger partial charge in [-0.15, -0.1) is 0 Å². The Bertz CT molecular complexity index is 1580. The van der Waals surface area contributed by atoms with Gasteiger partial charge in [0.15, 0.2) is 11.5 Å². The molecule has 1 aliphatic rings. The summed E-state index contributed by atoms with van der Waals surface area (Å²) in [6, 6.07) is 24.5. The third-order valence-corrected chi connectivity index (χ3v) is 6.65. The number of aromatic amines is 1. The first-order valence-electron chi connectivity index (χ1n) is 12.2. The number of methoxy groups -OCH3 is 2. The quantitative estimate of drug-likeness (QED) is 0.371. The van der Waals surface area contributed by atoms with Gasteiger partial charge in [-0.05, 0) is 41.8 Å². The molecule has 9 heteroatoms. The number of rotatable bonds is 8. The average molecular weight is 513 g/mol. The van der Waals surface area contributed by atoms with Crippen molar-refractivity contribution in [2.24, 2.45) is 5.10 Å². The van der Waals surface area contributed by atoms with Crippen molar-refractivity contribution in [3.63, 3.8) is 0 Å². The molecule has 0 bridgehead atoms. The third kappa shape index (κ3) is 4.78. The third-order valence-electron chi connectivity index (χ3n) is 6.65. The Morgan fingerprint density at radius 2 is 1.63 bits per heavy atom. The largest absolute Gasteiger partial charge is 0.494 e. The van der Waals surface area contributed by atoms with Crippen LogP contribution in [-0.2, 0) is 13.0 Å². The highest BCUT2D eigenvalue weighted by Crippen LogP contribution is 2.40. The predicted octanol–water partition coefficient (Wildman–Crippen LogP) is 3.86. The van der Waals surface area contributed by atoms with E-state index in [1.54, 1.807) is 14.2 Å². The van der Waals surface area contributed by atoms with Gasteiger partial charge in [-0.3, -0.25) is 19.4 Å². The van der Waals surface area contributed by atoms with E-state index >= 15 is 0 Å². The van der Waals surface area contributed by atoms with Gasteiger partial charge in [-0.2, -0.15) is 5.10 Å². The molecular weight excluding hydrogens is 484 g/mol. The fourth-order valence-electron chi connectivity index (χ4n) is 4.71. The number of ether oxygens (including phenoxy) is 2. The molecular formula is C29H28N4O5. The SMILES string of the molecule is COc1ccc(C2CC(c3c(O)n(CCc4ccccc4)c(=O)[nH]c3=O)=NN2c2ccccc2)cc1OC. The molecule has 1 aromatic heterocycles. The van der Waals surface area contributed by atoms with Crippen LogP contribution in [0.1, 0.15) is 29.2 Å². The summed E-state index contributed by atoms with van der Waals surface area (Å²) in [5, 5.41) is 17.8. The predicted molar refractivity (Wildman–Crippen MR) is 145 cm³/mol. The molecule has 0 aliphatic carbocycles. The lowest BCUT2D eigenvalue weighted by molar-refractivity contribution is 0.354. The van der Waals surface area contributed by atoms with Crippen LogP contribution in [0, 0.1) is 0 Å². The van der Waals surface area contributed by atoms with E-state index in [0.29, 0.717) is 30.1 Å². The summed E-state index contributed by atoms with van der Waals surface area (Å²) in [7, 11) is 3.15. The fourth-order valence-corrected chi connectivity index (χ4v) is 4.71. The Kier molecular flexibility index (Phi) is 6.99. The van der Waals surface area contributed by atoms with Gasteiger partial charge in [-0.1, -0.05) is 54.6 Å². The Morgan fingerprint density at radius 1 is 0.947 bits per heavy atom. The van der Waals surface area contributed by atoms with Crippen molar-refractivity contribution in [1.29, 1.82) is 0 Å². The number of benzene rings is 3. The van der Waals surface area contributed by atoms with E-state index in [9.17, 15) is 14.7 Å². The van der Waals surface area contributed by atoms with Gasteiger partial charge in [0.05, 0.1) is 31.7 Å². The van der Waals surface area contributed by atoms with Crippen molar-refractivity contribution in [3.05, 3.63) is 116 Å². The molecule has 0 amide bonds. The van der Waals surface area contributed by atoms with E-state index in [1.807, 2.05) is 83.9 Å². The topological polar surface area (TPSA) is 109 Å². The van der Waals surface area contributed by atoms with E-state index in [1.165, 1.54) is 4.57 Å². The Hall–Kier alpha value is -4.79. The summed E-state index contributed by atoms with van der Waals surface area (Å²) in [6.45, 7) is 0.202. The van der Waals surface area contributed by atoms with Crippen LogP contribution in [0.2, 0.25) is 0 Å². The number of aryl methyl sites for hydroxylation is 1. The highest BCUT2D eigenvalue weighted by atomic mass is 16.5. The number of nitrogens with one attached hydrogen (secondary N) is 1. The van der Waals surface area contributed by atoms with Crippen molar-refractivity contribution in [3.8, 4) is 17.4 Å². The van der Waals surface area contributed by atoms with Gasteiger partial charge in [0.2, 0.25) is 5.88 Å². The Morgan fingerprint density at radius 3 is 2.32 bits per heavy atom.